The number of ether oxygens (including phenoxy) is 1. The standard InChI is InChI=1S/C14H23N3O2/c1-6-9-7-10(17-16-9)12(18)15-11-8-13(2,3)19-14(11,4)5/h7,11H,6,8H2,1-5H3,(H,15,18)(H,16,17). The predicted octanol–water partition coefficient (Wildman–Crippen LogP) is 2.05. The SMILES string of the molecule is CCc1cc(C(=O)NC2CC(C)(C)OC2(C)C)n[nH]1. The molecule has 1 unspecified atom stereocenters. The molecule has 1 aromatic heterocycles. The van der Waals surface area contributed by atoms with Gasteiger partial charge in [0, 0.05) is 5.69 Å². The number of aryl methyl sites for hydroxylation is 1. The van der Waals surface area contributed by atoms with Crippen LogP contribution in [0.15, 0.2) is 6.07 Å². The second-order valence-electron chi connectivity index (χ2n) is 6.33. The lowest BCUT2D eigenvalue weighted by Crippen LogP contribution is -2.46. The Morgan fingerprint density at radius 3 is 2.68 bits per heavy atom. The van der Waals surface area contributed by atoms with E-state index in [1.165, 1.54) is 0 Å². The summed E-state index contributed by atoms with van der Waals surface area (Å²) in [6, 6.07) is 1.79. The zero-order valence-corrected chi connectivity index (χ0v) is 12.3. The van der Waals surface area contributed by atoms with Crippen LogP contribution in [0.5, 0.6) is 0 Å². The summed E-state index contributed by atoms with van der Waals surface area (Å²) in [4.78, 5) is 12.2. The van der Waals surface area contributed by atoms with Crippen LogP contribution in [0.4, 0.5) is 0 Å². The van der Waals surface area contributed by atoms with Crippen molar-refractivity contribution in [2.24, 2.45) is 0 Å². The summed E-state index contributed by atoms with van der Waals surface area (Å²) < 4.78 is 5.97. The Hall–Kier alpha value is -1.36. The van der Waals surface area contributed by atoms with Gasteiger partial charge in [0.1, 0.15) is 5.69 Å². The van der Waals surface area contributed by atoms with E-state index in [9.17, 15) is 4.79 Å². The van der Waals surface area contributed by atoms with E-state index in [0.29, 0.717) is 5.69 Å². The van der Waals surface area contributed by atoms with Crippen LogP contribution in [0.2, 0.25) is 0 Å². The van der Waals surface area contributed by atoms with Gasteiger partial charge in [-0.15, -0.1) is 0 Å². The molecule has 1 aliphatic rings. The van der Waals surface area contributed by atoms with Crippen LogP contribution in [-0.2, 0) is 11.2 Å². The van der Waals surface area contributed by atoms with Gasteiger partial charge < -0.3 is 10.1 Å². The maximum Gasteiger partial charge on any atom is 0.272 e. The van der Waals surface area contributed by atoms with Gasteiger partial charge in [-0.2, -0.15) is 5.10 Å². The van der Waals surface area contributed by atoms with Gasteiger partial charge in [-0.1, -0.05) is 6.92 Å². The molecule has 106 valence electrons. The van der Waals surface area contributed by atoms with Crippen molar-refractivity contribution >= 4 is 5.91 Å². The molecule has 1 fully saturated rings. The van der Waals surface area contributed by atoms with Crippen molar-refractivity contribution in [2.45, 2.75) is 64.7 Å². The third-order valence-corrected chi connectivity index (χ3v) is 3.62. The molecule has 0 spiro atoms. The number of H-pyrrole nitrogens is 1. The Kier molecular flexibility index (Phi) is 3.43. The first-order valence-electron chi connectivity index (χ1n) is 6.79. The summed E-state index contributed by atoms with van der Waals surface area (Å²) in [6.07, 6.45) is 1.64. The number of aromatic nitrogens is 2. The van der Waals surface area contributed by atoms with E-state index < -0.39 is 0 Å². The first kappa shape index (κ1) is 14.1. The number of carbonyl (C=O) groups excluding carboxylic acids is 1. The molecule has 0 bridgehead atoms. The lowest BCUT2D eigenvalue weighted by molar-refractivity contribution is -0.0693. The molecule has 5 heteroatoms. The van der Waals surface area contributed by atoms with Crippen LogP contribution >= 0.6 is 0 Å². The maximum atomic E-state index is 12.2. The highest BCUT2D eigenvalue weighted by molar-refractivity contribution is 5.92. The number of nitrogens with zero attached hydrogens (tertiary/aromatic N) is 1. The number of aromatic amines is 1. The minimum Gasteiger partial charge on any atom is -0.367 e. The summed E-state index contributed by atoms with van der Waals surface area (Å²) >= 11 is 0. The van der Waals surface area contributed by atoms with E-state index in [4.69, 9.17) is 4.74 Å². The van der Waals surface area contributed by atoms with Gasteiger partial charge in [0.15, 0.2) is 0 Å². The molecule has 1 aliphatic heterocycles. The first-order valence-corrected chi connectivity index (χ1v) is 6.79. The molecule has 2 rings (SSSR count). The number of rotatable bonds is 3. The van der Waals surface area contributed by atoms with E-state index in [-0.39, 0.29) is 23.2 Å². The molecule has 1 atom stereocenters. The predicted molar refractivity (Wildman–Crippen MR) is 73.1 cm³/mol. The maximum absolute atomic E-state index is 12.2. The lowest BCUT2D eigenvalue weighted by atomic mass is 9.94. The number of hydrogen-bond acceptors (Lipinski definition) is 3. The molecule has 0 aromatic carbocycles. The highest BCUT2D eigenvalue weighted by Crippen LogP contribution is 2.37. The van der Waals surface area contributed by atoms with Gasteiger partial charge >= 0.3 is 0 Å². The normalized spacial score (nSPS) is 24.4. The molecule has 19 heavy (non-hydrogen) atoms. The second-order valence-corrected chi connectivity index (χ2v) is 6.33. The molecular formula is C14H23N3O2. The van der Waals surface area contributed by atoms with E-state index in [0.717, 1.165) is 18.5 Å². The zero-order valence-electron chi connectivity index (χ0n) is 12.3. The van der Waals surface area contributed by atoms with Gasteiger partial charge in [0.2, 0.25) is 0 Å². The minimum absolute atomic E-state index is 0.00298. The summed E-state index contributed by atoms with van der Waals surface area (Å²) in [6.45, 7) is 10.1. The Morgan fingerprint density at radius 1 is 1.53 bits per heavy atom. The fourth-order valence-electron chi connectivity index (χ4n) is 2.68. The van der Waals surface area contributed by atoms with Crippen molar-refractivity contribution in [3.63, 3.8) is 0 Å². The Bertz CT molecular complexity index is 477. The molecule has 0 radical (unpaired) electrons. The van der Waals surface area contributed by atoms with Crippen molar-refractivity contribution in [1.29, 1.82) is 0 Å². The van der Waals surface area contributed by atoms with Crippen LogP contribution in [0.3, 0.4) is 0 Å². The van der Waals surface area contributed by atoms with Gasteiger partial charge in [-0.25, -0.2) is 0 Å². The second kappa shape index (κ2) is 4.63. The third-order valence-electron chi connectivity index (χ3n) is 3.62. The number of carbonyl (C=O) groups is 1. The molecular weight excluding hydrogens is 242 g/mol. The zero-order chi connectivity index (χ0) is 14.3. The fraction of sp³-hybridized carbons (Fsp3) is 0.714. The number of hydrogen-bond donors (Lipinski definition) is 2. The minimum atomic E-state index is -0.358. The Labute approximate surface area is 114 Å². The first-order chi connectivity index (χ1) is 8.73. The highest BCUT2D eigenvalue weighted by Gasteiger charge is 2.46. The van der Waals surface area contributed by atoms with Gasteiger partial charge in [0.25, 0.3) is 5.91 Å². The average molecular weight is 265 g/mol. The fourth-order valence-corrected chi connectivity index (χ4v) is 2.68. The lowest BCUT2D eigenvalue weighted by Gasteiger charge is -2.27. The Balaban J connectivity index is 2.07. The topological polar surface area (TPSA) is 67.0 Å². The summed E-state index contributed by atoms with van der Waals surface area (Å²) in [7, 11) is 0. The van der Waals surface area contributed by atoms with Crippen LogP contribution < -0.4 is 5.32 Å². The smallest absolute Gasteiger partial charge is 0.272 e. The van der Waals surface area contributed by atoms with E-state index in [2.05, 4.69) is 15.5 Å². The van der Waals surface area contributed by atoms with E-state index in [1.807, 2.05) is 34.6 Å². The van der Waals surface area contributed by atoms with Crippen molar-refractivity contribution < 1.29 is 9.53 Å². The van der Waals surface area contributed by atoms with Crippen molar-refractivity contribution in [3.05, 3.63) is 17.5 Å². The summed E-state index contributed by atoms with van der Waals surface area (Å²) in [5, 5.41) is 9.92. The molecule has 0 saturated carbocycles. The van der Waals surface area contributed by atoms with Gasteiger partial charge in [0.05, 0.1) is 17.2 Å². The summed E-state index contributed by atoms with van der Waals surface area (Å²) in [5.74, 6) is -0.143. The Morgan fingerprint density at radius 2 is 2.21 bits per heavy atom. The number of amides is 1. The van der Waals surface area contributed by atoms with Crippen LogP contribution in [-0.4, -0.2) is 33.3 Å². The van der Waals surface area contributed by atoms with Crippen LogP contribution in [0, 0.1) is 0 Å². The molecule has 2 heterocycles. The van der Waals surface area contributed by atoms with Crippen LogP contribution in [0.25, 0.3) is 0 Å². The van der Waals surface area contributed by atoms with E-state index in [1.54, 1.807) is 6.07 Å². The molecule has 1 aromatic rings. The van der Waals surface area contributed by atoms with E-state index >= 15 is 0 Å². The highest BCUT2D eigenvalue weighted by atomic mass is 16.5. The molecule has 0 aliphatic carbocycles. The van der Waals surface area contributed by atoms with Gasteiger partial charge in [-0.3, -0.25) is 9.89 Å². The molecule has 2 N–H and O–H groups in total. The van der Waals surface area contributed by atoms with Crippen molar-refractivity contribution in [1.82, 2.24) is 15.5 Å². The largest absolute Gasteiger partial charge is 0.367 e. The summed E-state index contributed by atoms with van der Waals surface area (Å²) in [5.41, 5.74) is 0.842. The van der Waals surface area contributed by atoms with Crippen molar-refractivity contribution in [3.8, 4) is 0 Å². The average Bonchev–Trinajstić information content (AvgIpc) is 2.81. The molecule has 1 amide bonds. The van der Waals surface area contributed by atoms with Gasteiger partial charge in [-0.05, 0) is 46.6 Å². The molecule has 5 nitrogen and oxygen atoms in total. The third kappa shape index (κ3) is 2.97. The quantitative estimate of drug-likeness (QED) is 0.879. The monoisotopic (exact) mass is 265 g/mol. The van der Waals surface area contributed by atoms with Crippen molar-refractivity contribution in [2.75, 3.05) is 0 Å². The van der Waals surface area contributed by atoms with Crippen LogP contribution in [0.1, 0.15) is 57.2 Å². The number of nitrogens with one attached hydrogen (secondary N) is 2. The molecule has 1 saturated heterocycles.